The first-order valence-corrected chi connectivity index (χ1v) is 11.7. The quantitative estimate of drug-likeness (QED) is 0.636. The molecule has 0 N–H and O–H groups in total. The molecule has 2 heterocycles. The summed E-state index contributed by atoms with van der Waals surface area (Å²) in [6.45, 7) is 9.81. The van der Waals surface area contributed by atoms with Crippen LogP contribution in [0.15, 0.2) is 31.8 Å². The molecule has 1 fully saturated rings. The highest BCUT2D eigenvalue weighted by atomic mass is 32.2. The van der Waals surface area contributed by atoms with E-state index in [-0.39, 0.29) is 17.3 Å². The molecule has 1 aromatic carbocycles. The predicted octanol–water partition coefficient (Wildman–Crippen LogP) is 2.97. The van der Waals surface area contributed by atoms with Gasteiger partial charge in [-0.2, -0.15) is 4.40 Å². The number of morpholine rings is 1. The molecule has 8 nitrogen and oxygen atoms in total. The number of ether oxygens (including phenoxy) is 1. The Hall–Kier alpha value is -2.52. The zero-order valence-corrected chi connectivity index (χ0v) is 20.3. The highest BCUT2D eigenvalue weighted by Gasteiger charge is 2.23. The third-order valence-corrected chi connectivity index (χ3v) is 6.58. The van der Waals surface area contributed by atoms with Crippen molar-refractivity contribution < 1.29 is 18.2 Å². The molecular formula is C23H31N3O5S. The molecule has 1 aliphatic heterocycles. The Bertz CT molecular complexity index is 1110. The van der Waals surface area contributed by atoms with Gasteiger partial charge in [0, 0.05) is 56.5 Å². The van der Waals surface area contributed by atoms with Crippen LogP contribution in [0.5, 0.6) is 0 Å². The summed E-state index contributed by atoms with van der Waals surface area (Å²) in [6.07, 6.45) is 1.60. The first-order chi connectivity index (χ1) is 15.0. The van der Waals surface area contributed by atoms with E-state index in [1.165, 1.54) is 11.0 Å². The van der Waals surface area contributed by atoms with Crippen LogP contribution in [0.3, 0.4) is 0 Å². The first kappa shape index (κ1) is 24.1. The second-order valence-corrected chi connectivity index (χ2v) is 11.0. The third kappa shape index (κ3) is 5.27. The van der Waals surface area contributed by atoms with E-state index in [0.29, 0.717) is 54.3 Å². The van der Waals surface area contributed by atoms with Crippen molar-refractivity contribution in [1.29, 1.82) is 0 Å². The SMILES string of the molecule is CC(C=NS(=O)C(C)(C)C)c1cc(C(=O)N(C)C)cc2c(=O)cc(N3CCOCC3)oc12. The molecule has 1 amide bonds. The molecule has 1 saturated heterocycles. The van der Waals surface area contributed by atoms with Gasteiger partial charge in [-0.3, -0.25) is 9.59 Å². The summed E-state index contributed by atoms with van der Waals surface area (Å²) < 4.78 is 27.8. The maximum Gasteiger partial charge on any atom is 0.253 e. The van der Waals surface area contributed by atoms with E-state index in [0.717, 1.165) is 0 Å². The Morgan fingerprint density at radius 3 is 2.47 bits per heavy atom. The number of anilines is 1. The van der Waals surface area contributed by atoms with Crippen molar-refractivity contribution in [2.24, 2.45) is 4.40 Å². The molecule has 0 spiro atoms. The van der Waals surface area contributed by atoms with Crippen LogP contribution in [0.2, 0.25) is 0 Å². The molecule has 2 unspecified atom stereocenters. The fourth-order valence-corrected chi connectivity index (χ4v) is 3.93. The number of hydrogen-bond acceptors (Lipinski definition) is 6. The maximum absolute atomic E-state index is 13.0. The number of fused-ring (bicyclic) bond motifs is 1. The van der Waals surface area contributed by atoms with Gasteiger partial charge in [-0.15, -0.1) is 0 Å². The van der Waals surface area contributed by atoms with Gasteiger partial charge in [0.25, 0.3) is 5.91 Å². The van der Waals surface area contributed by atoms with Gasteiger partial charge in [-0.1, -0.05) is 6.92 Å². The van der Waals surface area contributed by atoms with Crippen LogP contribution in [-0.4, -0.2) is 66.4 Å². The van der Waals surface area contributed by atoms with Crippen molar-refractivity contribution in [3.8, 4) is 0 Å². The Balaban J connectivity index is 2.16. The van der Waals surface area contributed by atoms with E-state index in [2.05, 4.69) is 4.40 Å². The van der Waals surface area contributed by atoms with E-state index >= 15 is 0 Å². The minimum Gasteiger partial charge on any atom is -0.440 e. The molecular weight excluding hydrogens is 430 g/mol. The van der Waals surface area contributed by atoms with Crippen molar-refractivity contribution in [2.45, 2.75) is 38.4 Å². The molecule has 9 heteroatoms. The molecule has 2 aromatic rings. The Labute approximate surface area is 190 Å². The maximum atomic E-state index is 13.0. The highest BCUT2D eigenvalue weighted by Crippen LogP contribution is 2.29. The Kier molecular flexibility index (Phi) is 7.19. The van der Waals surface area contributed by atoms with Crippen molar-refractivity contribution in [1.82, 2.24) is 4.90 Å². The molecule has 1 aromatic heterocycles. The number of carbonyl (C=O) groups excluding carboxylic acids is 1. The van der Waals surface area contributed by atoms with Crippen LogP contribution in [-0.2, 0) is 15.7 Å². The van der Waals surface area contributed by atoms with Crippen molar-refractivity contribution >= 4 is 40.0 Å². The van der Waals surface area contributed by atoms with Gasteiger partial charge in [-0.25, -0.2) is 4.21 Å². The minimum atomic E-state index is -1.42. The number of hydrogen-bond donors (Lipinski definition) is 0. The summed E-state index contributed by atoms with van der Waals surface area (Å²) in [6, 6.07) is 4.77. The van der Waals surface area contributed by atoms with Gasteiger partial charge >= 0.3 is 0 Å². The molecule has 0 bridgehead atoms. The lowest BCUT2D eigenvalue weighted by Crippen LogP contribution is -2.36. The normalized spacial score (nSPS) is 17.0. The average Bonchev–Trinajstić information content (AvgIpc) is 2.75. The van der Waals surface area contributed by atoms with Crippen LogP contribution in [0.25, 0.3) is 11.0 Å². The van der Waals surface area contributed by atoms with E-state index in [4.69, 9.17) is 9.15 Å². The molecule has 0 aliphatic carbocycles. The monoisotopic (exact) mass is 461 g/mol. The van der Waals surface area contributed by atoms with Crippen LogP contribution in [0.1, 0.15) is 49.5 Å². The van der Waals surface area contributed by atoms with Crippen molar-refractivity contribution in [2.75, 3.05) is 45.3 Å². The fraction of sp³-hybridized carbons (Fsp3) is 0.522. The molecule has 174 valence electrons. The van der Waals surface area contributed by atoms with Crippen LogP contribution < -0.4 is 10.3 Å². The molecule has 1 aliphatic rings. The third-order valence-electron chi connectivity index (χ3n) is 5.21. The number of amides is 1. The Morgan fingerprint density at radius 1 is 1.22 bits per heavy atom. The molecule has 0 saturated carbocycles. The van der Waals surface area contributed by atoms with E-state index in [9.17, 15) is 13.8 Å². The standard InChI is InChI=1S/C23H31N3O5S/c1-15(14-24-32(29)23(2,3)4)17-11-16(22(28)25(5)6)12-18-19(27)13-20(31-21(17)18)26-7-9-30-10-8-26/h11-15H,7-10H2,1-6H3. The number of rotatable bonds is 5. The van der Waals surface area contributed by atoms with Crippen molar-refractivity contribution in [3.05, 3.63) is 39.5 Å². The summed E-state index contributed by atoms with van der Waals surface area (Å²) in [7, 11) is 1.90. The van der Waals surface area contributed by atoms with Gasteiger partial charge in [-0.05, 0) is 32.9 Å². The van der Waals surface area contributed by atoms with Crippen LogP contribution >= 0.6 is 0 Å². The summed E-state index contributed by atoms with van der Waals surface area (Å²) in [5.74, 6) is -0.0739. The largest absolute Gasteiger partial charge is 0.440 e. The van der Waals surface area contributed by atoms with Crippen LogP contribution in [0, 0.1) is 0 Å². The van der Waals surface area contributed by atoms with Gasteiger partial charge < -0.3 is 19.0 Å². The topological polar surface area (TPSA) is 92.4 Å². The fourth-order valence-electron chi connectivity index (χ4n) is 3.32. The zero-order chi connectivity index (χ0) is 23.6. The number of carbonyl (C=O) groups is 1. The van der Waals surface area contributed by atoms with E-state index in [1.54, 1.807) is 32.4 Å². The molecule has 2 atom stereocenters. The minimum absolute atomic E-state index is 0.216. The second-order valence-electron chi connectivity index (χ2n) is 9.09. The van der Waals surface area contributed by atoms with Crippen molar-refractivity contribution in [3.63, 3.8) is 0 Å². The smallest absolute Gasteiger partial charge is 0.253 e. The lowest BCUT2D eigenvalue weighted by molar-refractivity contribution is 0.0827. The van der Waals surface area contributed by atoms with Gasteiger partial charge in [0.2, 0.25) is 0 Å². The second kappa shape index (κ2) is 9.54. The Morgan fingerprint density at radius 2 is 1.88 bits per heavy atom. The highest BCUT2D eigenvalue weighted by molar-refractivity contribution is 7.85. The molecule has 0 radical (unpaired) electrons. The summed E-state index contributed by atoms with van der Waals surface area (Å²) in [5, 5.41) is 0.335. The predicted molar refractivity (Wildman–Crippen MR) is 128 cm³/mol. The lowest BCUT2D eigenvalue weighted by Gasteiger charge is -2.27. The summed E-state index contributed by atoms with van der Waals surface area (Å²) in [4.78, 5) is 29.1. The van der Waals surface area contributed by atoms with Crippen LogP contribution in [0.4, 0.5) is 5.88 Å². The molecule has 3 rings (SSSR count). The van der Waals surface area contributed by atoms with Gasteiger partial charge in [0.1, 0.15) is 16.6 Å². The first-order valence-electron chi connectivity index (χ1n) is 10.6. The van der Waals surface area contributed by atoms with Gasteiger partial charge in [0.05, 0.1) is 23.3 Å². The summed E-state index contributed by atoms with van der Waals surface area (Å²) in [5.41, 5.74) is 1.23. The van der Waals surface area contributed by atoms with E-state index in [1.807, 2.05) is 32.6 Å². The molecule has 32 heavy (non-hydrogen) atoms. The van der Waals surface area contributed by atoms with E-state index < -0.39 is 15.7 Å². The van der Waals surface area contributed by atoms with Gasteiger partial charge in [0.15, 0.2) is 11.3 Å². The zero-order valence-electron chi connectivity index (χ0n) is 19.5. The summed E-state index contributed by atoms with van der Waals surface area (Å²) >= 11 is 0. The number of nitrogens with zero attached hydrogens (tertiary/aromatic N) is 3. The number of benzene rings is 1. The lowest BCUT2D eigenvalue weighted by atomic mass is 9.96. The average molecular weight is 462 g/mol.